The van der Waals surface area contributed by atoms with Gasteiger partial charge in [0.05, 0.1) is 0 Å². The Morgan fingerprint density at radius 1 is 0.256 bits per heavy atom. The molecule has 0 aromatic heterocycles. The predicted molar refractivity (Wildman–Crippen MR) is 357 cm³/mol. The molecule has 0 bridgehead atoms. The summed E-state index contributed by atoms with van der Waals surface area (Å²) in [5.74, 6) is -0.938. The summed E-state index contributed by atoms with van der Waals surface area (Å²) in [7, 11) is 0. The lowest BCUT2D eigenvalue weighted by molar-refractivity contribution is -0.167. The fourth-order valence-corrected chi connectivity index (χ4v) is 8.80. The number of allylic oxidation sites excluding steroid dienone is 26. The van der Waals surface area contributed by atoms with Gasteiger partial charge in [-0.2, -0.15) is 0 Å². The van der Waals surface area contributed by atoms with Crippen LogP contribution in [0.2, 0.25) is 0 Å². The minimum Gasteiger partial charge on any atom is -0.462 e. The minimum absolute atomic E-state index is 0.0991. The summed E-state index contributed by atoms with van der Waals surface area (Å²) < 4.78 is 16.9. The Morgan fingerprint density at radius 2 is 0.476 bits per heavy atom. The van der Waals surface area contributed by atoms with Gasteiger partial charge in [0.15, 0.2) is 6.10 Å². The number of hydrogen-bond acceptors (Lipinski definition) is 6. The third kappa shape index (κ3) is 65.8. The Labute approximate surface area is 505 Å². The van der Waals surface area contributed by atoms with E-state index in [1.807, 2.05) is 0 Å². The van der Waals surface area contributed by atoms with Crippen LogP contribution in [0.5, 0.6) is 0 Å². The van der Waals surface area contributed by atoms with Crippen LogP contribution in [0.1, 0.15) is 284 Å². The number of carbonyl (C=O) groups excluding carboxylic acids is 3. The van der Waals surface area contributed by atoms with Gasteiger partial charge in [-0.15, -0.1) is 0 Å². The number of carbonyl (C=O) groups is 3. The molecule has 0 N–H and O–H groups in total. The average Bonchev–Trinajstić information content (AvgIpc) is 3.47. The van der Waals surface area contributed by atoms with Crippen LogP contribution in [0.15, 0.2) is 158 Å². The highest BCUT2D eigenvalue weighted by Crippen LogP contribution is 2.15. The predicted octanol–water partition coefficient (Wildman–Crippen LogP) is 23.3. The molecule has 0 saturated carbocycles. The van der Waals surface area contributed by atoms with E-state index in [2.05, 4.69) is 179 Å². The van der Waals surface area contributed by atoms with Gasteiger partial charge in [-0.1, -0.05) is 275 Å². The Morgan fingerprint density at radius 3 is 0.744 bits per heavy atom. The first-order valence-electron chi connectivity index (χ1n) is 33.5. The van der Waals surface area contributed by atoms with E-state index in [0.717, 1.165) is 180 Å². The maximum absolute atomic E-state index is 12.9. The third-order valence-electron chi connectivity index (χ3n) is 13.7. The average molecular weight is 1130 g/mol. The quantitative estimate of drug-likeness (QED) is 0.0261. The molecule has 6 nitrogen and oxygen atoms in total. The van der Waals surface area contributed by atoms with Crippen molar-refractivity contribution in [1.82, 2.24) is 0 Å². The minimum atomic E-state index is -0.804. The van der Waals surface area contributed by atoms with E-state index in [0.29, 0.717) is 19.3 Å². The number of esters is 3. The second-order valence-corrected chi connectivity index (χ2v) is 21.6. The van der Waals surface area contributed by atoms with Crippen molar-refractivity contribution >= 4 is 17.9 Å². The molecule has 0 aromatic carbocycles. The van der Waals surface area contributed by atoms with E-state index in [1.54, 1.807) is 0 Å². The summed E-state index contributed by atoms with van der Waals surface area (Å²) in [4.78, 5) is 38.3. The second kappa shape index (κ2) is 68.5. The summed E-state index contributed by atoms with van der Waals surface area (Å²) in [6.07, 6.45) is 99.7. The molecular formula is C76H122O6. The zero-order valence-electron chi connectivity index (χ0n) is 52.9. The van der Waals surface area contributed by atoms with Crippen molar-refractivity contribution in [1.29, 1.82) is 0 Å². The summed E-state index contributed by atoms with van der Waals surface area (Å²) >= 11 is 0. The molecule has 0 spiro atoms. The SMILES string of the molecule is CC/C=C\C/C=C\C/C=C\C/C=C\C/C=C\C/C=C\C/C=C\C/C=C\CCCCCCCCCCC(=O)OCC(COC(=O)CCCCCCC/C=C\C/C=C\C/C=C\CC)OC(=O)CCCCCCC/C=C\C/C=C\CCCCCC. The normalized spacial score (nSPS) is 13.2. The summed E-state index contributed by atoms with van der Waals surface area (Å²) in [5, 5.41) is 0. The van der Waals surface area contributed by atoms with E-state index >= 15 is 0 Å². The molecular weight excluding hydrogens is 1010 g/mol. The first kappa shape index (κ1) is 77.0. The lowest BCUT2D eigenvalue weighted by Crippen LogP contribution is -2.30. The van der Waals surface area contributed by atoms with E-state index in [1.165, 1.54) is 64.2 Å². The van der Waals surface area contributed by atoms with Crippen molar-refractivity contribution in [2.45, 2.75) is 290 Å². The molecule has 0 rings (SSSR count). The maximum Gasteiger partial charge on any atom is 0.306 e. The van der Waals surface area contributed by atoms with Crippen LogP contribution in [0.3, 0.4) is 0 Å². The summed E-state index contributed by atoms with van der Waals surface area (Å²) in [6, 6.07) is 0. The van der Waals surface area contributed by atoms with Gasteiger partial charge < -0.3 is 14.2 Å². The molecule has 0 aromatic rings. The van der Waals surface area contributed by atoms with Gasteiger partial charge >= 0.3 is 17.9 Å². The van der Waals surface area contributed by atoms with E-state index in [-0.39, 0.29) is 31.1 Å². The maximum atomic E-state index is 12.9. The van der Waals surface area contributed by atoms with Gasteiger partial charge in [0.2, 0.25) is 0 Å². The molecule has 0 heterocycles. The van der Waals surface area contributed by atoms with Crippen LogP contribution in [-0.4, -0.2) is 37.2 Å². The lowest BCUT2D eigenvalue weighted by Gasteiger charge is -2.18. The van der Waals surface area contributed by atoms with Crippen LogP contribution in [0.25, 0.3) is 0 Å². The van der Waals surface area contributed by atoms with Crippen molar-refractivity contribution in [3.63, 3.8) is 0 Å². The van der Waals surface area contributed by atoms with E-state index in [9.17, 15) is 14.4 Å². The topological polar surface area (TPSA) is 78.9 Å². The fourth-order valence-electron chi connectivity index (χ4n) is 8.80. The van der Waals surface area contributed by atoms with Gasteiger partial charge in [-0.05, 0) is 148 Å². The van der Waals surface area contributed by atoms with E-state index in [4.69, 9.17) is 14.2 Å². The van der Waals surface area contributed by atoms with Gasteiger partial charge in [0.1, 0.15) is 13.2 Å². The van der Waals surface area contributed by atoms with Gasteiger partial charge in [-0.3, -0.25) is 14.4 Å². The molecule has 0 aliphatic rings. The molecule has 0 fully saturated rings. The number of unbranched alkanes of at least 4 members (excludes halogenated alkanes) is 22. The molecule has 0 amide bonds. The molecule has 6 heteroatoms. The first-order chi connectivity index (χ1) is 40.5. The van der Waals surface area contributed by atoms with Crippen molar-refractivity contribution in [3.05, 3.63) is 158 Å². The zero-order chi connectivity index (χ0) is 59.2. The highest BCUT2D eigenvalue weighted by molar-refractivity contribution is 5.71. The number of ether oxygens (including phenoxy) is 3. The molecule has 1 unspecified atom stereocenters. The molecule has 462 valence electrons. The number of hydrogen-bond donors (Lipinski definition) is 0. The van der Waals surface area contributed by atoms with Crippen LogP contribution >= 0.6 is 0 Å². The first-order valence-corrected chi connectivity index (χ1v) is 33.5. The molecule has 82 heavy (non-hydrogen) atoms. The van der Waals surface area contributed by atoms with Crippen molar-refractivity contribution in [2.75, 3.05) is 13.2 Å². The molecule has 0 radical (unpaired) electrons. The highest BCUT2D eigenvalue weighted by Gasteiger charge is 2.19. The van der Waals surface area contributed by atoms with E-state index < -0.39 is 6.10 Å². The van der Waals surface area contributed by atoms with Crippen LogP contribution < -0.4 is 0 Å². The fraction of sp³-hybridized carbons (Fsp3) is 0.618. The smallest absolute Gasteiger partial charge is 0.306 e. The Kier molecular flexibility index (Phi) is 64.4. The van der Waals surface area contributed by atoms with Gasteiger partial charge in [0, 0.05) is 19.3 Å². The van der Waals surface area contributed by atoms with Gasteiger partial charge in [0.25, 0.3) is 0 Å². The lowest BCUT2D eigenvalue weighted by atomic mass is 10.1. The Hall–Kier alpha value is -4.97. The standard InChI is InChI=1S/C76H122O6/c1-4-7-10-13-16-19-22-25-28-30-31-32-33-34-35-36-37-38-39-40-41-42-43-44-45-46-49-51-54-57-60-63-66-69-75(78)81-72-73(71-80-74(77)68-65-62-59-56-53-50-47-27-24-21-18-15-12-9-6-3)82-76(79)70-67-64-61-58-55-52-48-29-26-23-20-17-14-11-8-5-2/h7,9-10,12,16,18-21,23,25,27-29,31-32,34-35,37-38,40-41,43-44,47-48,73H,4-6,8,11,13-15,17,22,24,26,30,33,36,39,42,45-46,49-72H2,1-3H3/b10-7-,12-9-,19-16-,21-18-,23-20-,28-25-,32-31-,35-34-,38-37-,41-40-,44-43-,47-27-,48-29-. The van der Waals surface area contributed by atoms with Crippen molar-refractivity contribution in [3.8, 4) is 0 Å². The molecule has 0 saturated heterocycles. The molecule has 1 atom stereocenters. The summed E-state index contributed by atoms with van der Waals surface area (Å²) in [5.41, 5.74) is 0. The second-order valence-electron chi connectivity index (χ2n) is 21.6. The molecule has 0 aliphatic heterocycles. The molecule has 0 aliphatic carbocycles. The van der Waals surface area contributed by atoms with Crippen molar-refractivity contribution < 1.29 is 28.6 Å². The Balaban J connectivity index is 4.34. The third-order valence-corrected chi connectivity index (χ3v) is 13.7. The Bertz CT molecular complexity index is 1830. The summed E-state index contributed by atoms with van der Waals surface area (Å²) in [6.45, 7) is 6.37. The van der Waals surface area contributed by atoms with Crippen LogP contribution in [0.4, 0.5) is 0 Å². The zero-order valence-corrected chi connectivity index (χ0v) is 52.9. The van der Waals surface area contributed by atoms with Crippen molar-refractivity contribution in [2.24, 2.45) is 0 Å². The van der Waals surface area contributed by atoms with Gasteiger partial charge in [-0.25, -0.2) is 0 Å². The van der Waals surface area contributed by atoms with Crippen LogP contribution in [-0.2, 0) is 28.6 Å². The van der Waals surface area contributed by atoms with Crippen LogP contribution in [0, 0.1) is 0 Å². The monoisotopic (exact) mass is 1130 g/mol. The largest absolute Gasteiger partial charge is 0.462 e. The highest BCUT2D eigenvalue weighted by atomic mass is 16.6. The number of rotatable bonds is 59.